The van der Waals surface area contributed by atoms with Crippen molar-refractivity contribution in [2.75, 3.05) is 17.8 Å². The Kier molecular flexibility index (Phi) is 2.45. The van der Waals surface area contributed by atoms with E-state index >= 15 is 0 Å². The van der Waals surface area contributed by atoms with E-state index in [9.17, 15) is 0 Å². The Hall–Kier alpha value is 0.487. The zero-order valence-electron chi connectivity index (χ0n) is 7.13. The Balaban J connectivity index is 2.46. The second kappa shape index (κ2) is 2.85. The molecule has 1 aliphatic rings. The van der Waals surface area contributed by atoms with E-state index in [0.717, 1.165) is 0 Å². The minimum atomic E-state index is -0.722. The summed E-state index contributed by atoms with van der Waals surface area (Å²) in [6, 6.07) is 0.634. The Morgan fingerprint density at radius 3 is 2.10 bits per heavy atom. The van der Waals surface area contributed by atoms with E-state index in [2.05, 4.69) is 25.2 Å². The first kappa shape index (κ1) is 8.58. The number of hydrogen-bond donors (Lipinski definition) is 1. The first-order valence-electron chi connectivity index (χ1n) is 3.86. The van der Waals surface area contributed by atoms with Crippen molar-refractivity contribution >= 4 is 19.9 Å². The van der Waals surface area contributed by atoms with E-state index < -0.39 is 10.4 Å². The molecule has 62 valence electrons. The van der Waals surface area contributed by atoms with Crippen molar-refractivity contribution in [3.05, 3.63) is 0 Å². The summed E-state index contributed by atoms with van der Waals surface area (Å²) >= 11 is 0. The fourth-order valence-corrected chi connectivity index (χ4v) is 7.81. The molecule has 0 bridgehead atoms. The summed E-state index contributed by atoms with van der Waals surface area (Å²) in [6.07, 6.45) is 0. The van der Waals surface area contributed by atoms with E-state index in [4.69, 9.17) is 5.14 Å². The van der Waals surface area contributed by atoms with Gasteiger partial charge in [-0.3, -0.25) is 9.44 Å². The van der Waals surface area contributed by atoms with Gasteiger partial charge in [0, 0.05) is 15.6 Å². The lowest BCUT2D eigenvalue weighted by molar-refractivity contribution is 0.456. The second-order valence-electron chi connectivity index (χ2n) is 3.30. The van der Waals surface area contributed by atoms with E-state index in [-0.39, 0.29) is 0 Å². The Morgan fingerprint density at radius 1 is 1.50 bits per heavy atom. The molecular weight excluding hydrogens is 160 g/mol. The summed E-state index contributed by atoms with van der Waals surface area (Å²) in [6.45, 7) is 4.45. The average molecular weight is 178 g/mol. The molecule has 0 aliphatic carbocycles. The zero-order valence-corrected chi connectivity index (χ0v) is 9.36. The lowest BCUT2D eigenvalue weighted by Crippen LogP contribution is -2.48. The first-order chi connectivity index (χ1) is 4.56. The predicted octanol–water partition coefficient (Wildman–Crippen LogP) is 0.0173. The van der Waals surface area contributed by atoms with Crippen LogP contribution in [0.4, 0.5) is 0 Å². The van der Waals surface area contributed by atoms with Gasteiger partial charge in [0.05, 0.1) is 0 Å². The molecule has 0 spiro atoms. The highest BCUT2D eigenvalue weighted by atomic mass is 32.3. The fraction of sp³-hybridized carbons (Fsp3) is 1.00. The van der Waals surface area contributed by atoms with Gasteiger partial charge in [0.2, 0.25) is 0 Å². The van der Waals surface area contributed by atoms with Crippen LogP contribution < -0.4 is 5.14 Å². The van der Waals surface area contributed by atoms with Crippen LogP contribution >= 0.6 is 10.4 Å². The van der Waals surface area contributed by atoms with Gasteiger partial charge in [0.25, 0.3) is 0 Å². The molecule has 1 saturated heterocycles. The first-order valence-corrected chi connectivity index (χ1v) is 7.85. The molecule has 0 atom stereocenters. The Labute approximate surface area is 67.6 Å². The summed E-state index contributed by atoms with van der Waals surface area (Å²) < 4.78 is 2.39. The van der Waals surface area contributed by atoms with Crippen molar-refractivity contribution in [1.29, 1.82) is 0 Å². The molecule has 0 saturated carbocycles. The molecule has 0 aromatic heterocycles. The van der Waals surface area contributed by atoms with E-state index in [1.54, 1.807) is 0 Å². The lowest BCUT2D eigenvalue weighted by Gasteiger charge is -2.52. The minimum absolute atomic E-state index is 0.296. The molecule has 1 aliphatic heterocycles. The van der Waals surface area contributed by atoms with Crippen LogP contribution in [-0.2, 0) is 0 Å². The maximum atomic E-state index is 6.19. The number of rotatable bonds is 2. The maximum absolute atomic E-state index is 6.19. The zero-order chi connectivity index (χ0) is 7.78. The molecular formula is C6H18N2SSi. The van der Waals surface area contributed by atoms with Gasteiger partial charge in [-0.15, -0.1) is 10.4 Å². The molecule has 2 N–H and O–H groups in total. The van der Waals surface area contributed by atoms with Crippen molar-refractivity contribution < 1.29 is 0 Å². The van der Waals surface area contributed by atoms with E-state index in [1.807, 2.05) is 0 Å². The molecule has 1 heterocycles. The van der Waals surface area contributed by atoms with Crippen LogP contribution in [0.5, 0.6) is 0 Å². The van der Waals surface area contributed by atoms with Gasteiger partial charge < -0.3 is 0 Å². The van der Waals surface area contributed by atoms with Crippen molar-refractivity contribution in [2.45, 2.75) is 19.9 Å². The van der Waals surface area contributed by atoms with Crippen LogP contribution in [0.25, 0.3) is 0 Å². The van der Waals surface area contributed by atoms with Crippen LogP contribution in [-0.4, -0.2) is 37.7 Å². The van der Waals surface area contributed by atoms with Gasteiger partial charge in [0.1, 0.15) is 0 Å². The molecule has 1 fully saturated rings. The average Bonchev–Trinajstić information content (AvgIpc) is 1.81. The Morgan fingerprint density at radius 2 is 2.00 bits per heavy atom. The predicted molar refractivity (Wildman–Crippen MR) is 53.0 cm³/mol. The molecule has 0 unspecified atom stereocenters. The third-order valence-corrected chi connectivity index (χ3v) is 11.8. The number of nitrogens with two attached hydrogens (primary N) is 1. The monoisotopic (exact) mass is 178 g/mol. The summed E-state index contributed by atoms with van der Waals surface area (Å²) in [4.78, 5) is 0. The summed E-state index contributed by atoms with van der Waals surface area (Å²) in [5, 5.41) is 8.97. The van der Waals surface area contributed by atoms with Gasteiger partial charge in [-0.25, -0.2) is 0 Å². The van der Waals surface area contributed by atoms with Crippen molar-refractivity contribution in [3.63, 3.8) is 0 Å². The highest BCUT2D eigenvalue weighted by Gasteiger charge is 2.32. The third kappa shape index (κ3) is 1.39. The summed E-state index contributed by atoms with van der Waals surface area (Å²) in [5.41, 5.74) is 0. The van der Waals surface area contributed by atoms with Gasteiger partial charge in [-0.1, -0.05) is 0 Å². The molecule has 4 heteroatoms. The second-order valence-corrected chi connectivity index (χ2v) is 9.65. The standard InChI is InChI=1S/C6H18N2SSi/c1-6(2)8(3)9(7)4-10-5-9/h6H,4-5,7,10H2,1-3H3. The third-order valence-electron chi connectivity index (χ3n) is 2.30. The molecule has 2 nitrogen and oxygen atoms in total. The van der Waals surface area contributed by atoms with Crippen LogP contribution in [0, 0.1) is 0 Å². The quantitative estimate of drug-likeness (QED) is 0.604. The molecule has 0 radical (unpaired) electrons. The van der Waals surface area contributed by atoms with E-state index in [1.165, 1.54) is 10.8 Å². The van der Waals surface area contributed by atoms with Crippen LogP contribution in [0.2, 0.25) is 0 Å². The molecule has 0 amide bonds. The SMILES string of the molecule is CC(C)N(C)S1(N)C[SiH2]C1. The largest absolute Gasteiger partial charge is 0.284 e. The number of hydrogen-bond acceptors (Lipinski definition) is 2. The van der Waals surface area contributed by atoms with Crippen LogP contribution in [0.15, 0.2) is 0 Å². The van der Waals surface area contributed by atoms with Gasteiger partial charge in [0.15, 0.2) is 0 Å². The van der Waals surface area contributed by atoms with Gasteiger partial charge in [-0.2, -0.15) is 0 Å². The van der Waals surface area contributed by atoms with Crippen LogP contribution in [0.1, 0.15) is 13.8 Å². The normalized spacial score (nSPS) is 41.8. The smallest absolute Gasteiger partial charge is 0.0454 e. The van der Waals surface area contributed by atoms with Crippen LogP contribution in [0.3, 0.4) is 0 Å². The molecule has 10 heavy (non-hydrogen) atoms. The Bertz CT molecular complexity index is 125. The molecule has 0 aromatic carbocycles. The number of nitrogens with zero attached hydrogens (tertiary/aromatic N) is 1. The summed E-state index contributed by atoms with van der Waals surface area (Å²) in [7, 11) is 1.75. The maximum Gasteiger partial charge on any atom is 0.0454 e. The van der Waals surface area contributed by atoms with Gasteiger partial charge >= 0.3 is 0 Å². The highest BCUT2D eigenvalue weighted by molar-refractivity contribution is 8.34. The summed E-state index contributed by atoms with van der Waals surface area (Å²) in [5.74, 6) is 0. The van der Waals surface area contributed by atoms with Crippen molar-refractivity contribution in [2.24, 2.45) is 5.14 Å². The van der Waals surface area contributed by atoms with Crippen molar-refractivity contribution in [3.8, 4) is 0 Å². The molecule has 0 aromatic rings. The molecule has 1 rings (SSSR count). The van der Waals surface area contributed by atoms with Crippen molar-refractivity contribution in [1.82, 2.24) is 4.31 Å². The highest BCUT2D eigenvalue weighted by Crippen LogP contribution is 2.48. The van der Waals surface area contributed by atoms with E-state index in [0.29, 0.717) is 15.6 Å². The van der Waals surface area contributed by atoms with Gasteiger partial charge in [-0.05, 0) is 31.6 Å². The minimum Gasteiger partial charge on any atom is -0.284 e. The lowest BCUT2D eigenvalue weighted by atomic mass is 10.4. The topological polar surface area (TPSA) is 29.3 Å². The fourth-order valence-electron chi connectivity index (χ4n) is 1.15.